The fourth-order valence-electron chi connectivity index (χ4n) is 2.75. The third kappa shape index (κ3) is 2.63. The Morgan fingerprint density at radius 1 is 1.25 bits per heavy atom. The number of para-hydroxylation sites is 1. The Morgan fingerprint density at radius 2 is 1.95 bits per heavy atom. The lowest BCUT2D eigenvalue weighted by Gasteiger charge is -2.12. The smallest absolute Gasteiger partial charge is 0.106 e. The van der Waals surface area contributed by atoms with Crippen LogP contribution < -0.4 is 0 Å². The highest BCUT2D eigenvalue weighted by atomic mass is 32.2. The Kier molecular flexibility index (Phi) is 4.13. The van der Waals surface area contributed by atoms with Crippen LogP contribution in [0.3, 0.4) is 0 Å². The lowest BCUT2D eigenvalue weighted by molar-refractivity contribution is 0.278. The van der Waals surface area contributed by atoms with Crippen molar-refractivity contribution in [3.05, 3.63) is 41.6 Å². The SMILES string of the molecule is Cc1nn(-c2ccccc2)c(SC2CCCC2)c1CO. The number of aliphatic hydroxyl groups excluding tert-OH is 1. The van der Waals surface area contributed by atoms with E-state index in [1.165, 1.54) is 25.7 Å². The quantitative estimate of drug-likeness (QED) is 0.932. The molecule has 0 saturated heterocycles. The molecule has 0 radical (unpaired) electrons. The summed E-state index contributed by atoms with van der Waals surface area (Å²) in [7, 11) is 0. The monoisotopic (exact) mass is 288 g/mol. The molecule has 3 nitrogen and oxygen atoms in total. The number of benzene rings is 1. The van der Waals surface area contributed by atoms with Gasteiger partial charge in [-0.3, -0.25) is 0 Å². The molecule has 1 aromatic heterocycles. The Labute approximate surface area is 124 Å². The molecule has 2 aromatic rings. The van der Waals surface area contributed by atoms with Crippen molar-refractivity contribution in [1.82, 2.24) is 9.78 Å². The van der Waals surface area contributed by atoms with Crippen LogP contribution >= 0.6 is 11.8 Å². The van der Waals surface area contributed by atoms with Crippen LogP contribution in [0.15, 0.2) is 35.4 Å². The molecular weight excluding hydrogens is 268 g/mol. The first-order valence-electron chi connectivity index (χ1n) is 7.21. The minimum atomic E-state index is 0.0632. The predicted octanol–water partition coefficient (Wildman–Crippen LogP) is 3.71. The van der Waals surface area contributed by atoms with Crippen molar-refractivity contribution in [3.63, 3.8) is 0 Å². The second-order valence-corrected chi connectivity index (χ2v) is 6.59. The van der Waals surface area contributed by atoms with E-state index in [2.05, 4.69) is 17.2 Å². The molecule has 0 aliphatic heterocycles. The maximum Gasteiger partial charge on any atom is 0.106 e. The van der Waals surface area contributed by atoms with Gasteiger partial charge in [-0.15, -0.1) is 11.8 Å². The van der Waals surface area contributed by atoms with Crippen molar-refractivity contribution in [2.45, 2.75) is 49.5 Å². The van der Waals surface area contributed by atoms with E-state index in [0.29, 0.717) is 5.25 Å². The van der Waals surface area contributed by atoms with Gasteiger partial charge >= 0.3 is 0 Å². The van der Waals surface area contributed by atoms with Gasteiger partial charge in [-0.05, 0) is 31.9 Å². The molecule has 1 aliphatic carbocycles. The van der Waals surface area contributed by atoms with Crippen molar-refractivity contribution >= 4 is 11.8 Å². The molecular formula is C16H20N2OS. The lowest BCUT2D eigenvalue weighted by atomic mass is 10.3. The fourth-order valence-corrected chi connectivity index (χ4v) is 4.24. The van der Waals surface area contributed by atoms with Crippen LogP contribution in [-0.4, -0.2) is 20.1 Å². The summed E-state index contributed by atoms with van der Waals surface area (Å²) in [6, 6.07) is 10.2. The first-order valence-corrected chi connectivity index (χ1v) is 8.09. The summed E-state index contributed by atoms with van der Waals surface area (Å²) >= 11 is 1.89. The molecule has 20 heavy (non-hydrogen) atoms. The van der Waals surface area contributed by atoms with Crippen LogP contribution in [-0.2, 0) is 6.61 Å². The summed E-state index contributed by atoms with van der Waals surface area (Å²) in [5, 5.41) is 16.1. The third-order valence-electron chi connectivity index (χ3n) is 3.88. The molecule has 0 amide bonds. The van der Waals surface area contributed by atoms with E-state index in [-0.39, 0.29) is 6.61 Å². The molecule has 0 unspecified atom stereocenters. The highest BCUT2D eigenvalue weighted by Gasteiger charge is 2.22. The second-order valence-electron chi connectivity index (χ2n) is 5.30. The number of hydrogen-bond acceptors (Lipinski definition) is 3. The third-order valence-corrected chi connectivity index (χ3v) is 5.32. The standard InChI is InChI=1S/C16H20N2OS/c1-12-15(11-19)16(20-14-9-5-6-10-14)18(17-12)13-7-3-2-4-8-13/h2-4,7-8,14,19H,5-6,9-11H2,1H3. The largest absolute Gasteiger partial charge is 0.392 e. The van der Waals surface area contributed by atoms with Crippen LogP contribution in [0.4, 0.5) is 0 Å². The first kappa shape index (κ1) is 13.7. The molecule has 1 N–H and O–H groups in total. The zero-order chi connectivity index (χ0) is 13.9. The van der Waals surface area contributed by atoms with Gasteiger partial charge in [0.25, 0.3) is 0 Å². The van der Waals surface area contributed by atoms with Gasteiger partial charge in [-0.1, -0.05) is 31.0 Å². The first-order chi connectivity index (χ1) is 9.79. The molecule has 0 bridgehead atoms. The van der Waals surface area contributed by atoms with Crippen molar-refractivity contribution in [2.75, 3.05) is 0 Å². The molecule has 1 saturated carbocycles. The molecule has 1 fully saturated rings. The van der Waals surface area contributed by atoms with Gasteiger partial charge in [-0.25, -0.2) is 4.68 Å². The van der Waals surface area contributed by atoms with Crippen molar-refractivity contribution in [1.29, 1.82) is 0 Å². The van der Waals surface area contributed by atoms with Crippen LogP contribution in [0.25, 0.3) is 5.69 Å². The highest BCUT2D eigenvalue weighted by Crippen LogP contribution is 2.38. The predicted molar refractivity (Wildman–Crippen MR) is 82.3 cm³/mol. The summed E-state index contributed by atoms with van der Waals surface area (Å²) in [6.07, 6.45) is 5.19. The number of aromatic nitrogens is 2. The topological polar surface area (TPSA) is 38.0 Å². The van der Waals surface area contributed by atoms with Gasteiger partial charge in [0, 0.05) is 10.8 Å². The molecule has 0 atom stereocenters. The minimum absolute atomic E-state index is 0.0632. The normalized spacial score (nSPS) is 15.9. The molecule has 106 valence electrons. The van der Waals surface area contributed by atoms with Crippen LogP contribution in [0.1, 0.15) is 36.9 Å². The van der Waals surface area contributed by atoms with Crippen LogP contribution in [0, 0.1) is 6.92 Å². The van der Waals surface area contributed by atoms with E-state index in [1.54, 1.807) is 0 Å². The lowest BCUT2D eigenvalue weighted by Crippen LogP contribution is -2.03. The van der Waals surface area contributed by atoms with Crippen molar-refractivity contribution in [2.24, 2.45) is 0 Å². The van der Waals surface area contributed by atoms with Gasteiger partial charge in [0.2, 0.25) is 0 Å². The van der Waals surface area contributed by atoms with E-state index >= 15 is 0 Å². The van der Waals surface area contributed by atoms with Gasteiger partial charge in [0.15, 0.2) is 0 Å². The average molecular weight is 288 g/mol. The van der Waals surface area contributed by atoms with E-state index in [0.717, 1.165) is 22.0 Å². The van der Waals surface area contributed by atoms with Crippen LogP contribution in [0.2, 0.25) is 0 Å². The maximum absolute atomic E-state index is 9.67. The number of hydrogen-bond donors (Lipinski definition) is 1. The Hall–Kier alpha value is -1.26. The molecule has 1 heterocycles. The Morgan fingerprint density at radius 3 is 2.60 bits per heavy atom. The minimum Gasteiger partial charge on any atom is -0.392 e. The number of aliphatic hydroxyl groups is 1. The van der Waals surface area contributed by atoms with Crippen LogP contribution in [0.5, 0.6) is 0 Å². The number of nitrogens with zero attached hydrogens (tertiary/aromatic N) is 2. The fraction of sp³-hybridized carbons (Fsp3) is 0.438. The van der Waals surface area contributed by atoms with Crippen molar-refractivity contribution in [3.8, 4) is 5.69 Å². The Balaban J connectivity index is 2.00. The van der Waals surface area contributed by atoms with E-state index in [1.807, 2.05) is 41.6 Å². The maximum atomic E-state index is 9.67. The summed E-state index contributed by atoms with van der Waals surface area (Å²) in [4.78, 5) is 0. The molecule has 4 heteroatoms. The van der Waals surface area contributed by atoms with Gasteiger partial charge in [-0.2, -0.15) is 5.10 Å². The summed E-state index contributed by atoms with van der Waals surface area (Å²) in [5.41, 5.74) is 2.97. The number of aryl methyl sites for hydroxylation is 1. The van der Waals surface area contributed by atoms with E-state index in [9.17, 15) is 5.11 Å². The zero-order valence-corrected chi connectivity index (χ0v) is 12.6. The molecule has 1 aliphatic rings. The second kappa shape index (κ2) is 6.02. The Bertz CT molecular complexity index is 574. The van der Waals surface area contributed by atoms with Gasteiger partial charge in [0.1, 0.15) is 5.03 Å². The molecule has 1 aromatic carbocycles. The zero-order valence-electron chi connectivity index (χ0n) is 11.7. The number of rotatable bonds is 4. The van der Waals surface area contributed by atoms with Gasteiger partial charge < -0.3 is 5.11 Å². The average Bonchev–Trinajstić information content (AvgIpc) is 3.08. The summed E-state index contributed by atoms with van der Waals surface area (Å²) in [6.45, 7) is 2.04. The summed E-state index contributed by atoms with van der Waals surface area (Å²) in [5.74, 6) is 0. The molecule has 3 rings (SSSR count). The van der Waals surface area contributed by atoms with E-state index < -0.39 is 0 Å². The van der Waals surface area contributed by atoms with Gasteiger partial charge in [0.05, 0.1) is 18.0 Å². The highest BCUT2D eigenvalue weighted by molar-refractivity contribution is 7.99. The summed E-state index contributed by atoms with van der Waals surface area (Å²) < 4.78 is 1.99. The van der Waals surface area contributed by atoms with E-state index in [4.69, 9.17) is 0 Å². The van der Waals surface area contributed by atoms with Crippen molar-refractivity contribution < 1.29 is 5.11 Å². The number of thioether (sulfide) groups is 1. The molecule has 0 spiro atoms.